The fourth-order valence-corrected chi connectivity index (χ4v) is 1.68. The van der Waals surface area contributed by atoms with E-state index in [2.05, 4.69) is 10.4 Å². The first kappa shape index (κ1) is 12.0. The Hall–Kier alpha value is -1.12. The van der Waals surface area contributed by atoms with Gasteiger partial charge in [0.25, 0.3) is 0 Å². The standard InChI is InChI=1S/C9H11FN4.ClH/c1-14-7(4-11)3-9(13-14)8-2-6(10)5-12-8;/h3,6,8,12H,2,5H2,1H3;1H. The van der Waals surface area contributed by atoms with Gasteiger partial charge in [-0.25, -0.2) is 4.39 Å². The van der Waals surface area contributed by atoms with E-state index in [1.54, 1.807) is 13.1 Å². The number of nitrogens with zero attached hydrogens (tertiary/aromatic N) is 3. The number of rotatable bonds is 1. The van der Waals surface area contributed by atoms with E-state index in [0.717, 1.165) is 5.69 Å². The van der Waals surface area contributed by atoms with Crippen molar-refractivity contribution in [1.29, 1.82) is 5.26 Å². The number of nitriles is 1. The molecule has 82 valence electrons. The Balaban J connectivity index is 0.00000112. The minimum Gasteiger partial charge on any atom is -0.306 e. The van der Waals surface area contributed by atoms with Gasteiger partial charge in [-0.1, -0.05) is 0 Å². The number of hydrogen-bond acceptors (Lipinski definition) is 3. The fraction of sp³-hybridized carbons (Fsp3) is 0.556. The van der Waals surface area contributed by atoms with Crippen molar-refractivity contribution < 1.29 is 4.39 Å². The summed E-state index contributed by atoms with van der Waals surface area (Å²) >= 11 is 0. The van der Waals surface area contributed by atoms with Crippen LogP contribution >= 0.6 is 12.4 Å². The largest absolute Gasteiger partial charge is 0.306 e. The predicted octanol–water partition coefficient (Wildman–Crippen LogP) is 1.09. The Morgan fingerprint density at radius 3 is 2.93 bits per heavy atom. The topological polar surface area (TPSA) is 53.6 Å². The molecular weight excluding hydrogens is 219 g/mol. The van der Waals surface area contributed by atoms with Crippen LogP contribution in [0.4, 0.5) is 4.39 Å². The molecular formula is C9H12ClFN4. The summed E-state index contributed by atoms with van der Waals surface area (Å²) in [4.78, 5) is 0. The van der Waals surface area contributed by atoms with Gasteiger partial charge in [-0.05, 0) is 6.07 Å². The van der Waals surface area contributed by atoms with Crippen molar-refractivity contribution in [3.63, 3.8) is 0 Å². The van der Waals surface area contributed by atoms with Gasteiger partial charge in [0.05, 0.1) is 11.7 Å². The summed E-state index contributed by atoms with van der Waals surface area (Å²) in [6.07, 6.45) is -0.352. The van der Waals surface area contributed by atoms with Crippen LogP contribution in [0.1, 0.15) is 23.9 Å². The Morgan fingerprint density at radius 1 is 1.73 bits per heavy atom. The maximum absolute atomic E-state index is 12.9. The second-order valence-corrected chi connectivity index (χ2v) is 3.48. The average molecular weight is 231 g/mol. The molecule has 0 radical (unpaired) electrons. The van der Waals surface area contributed by atoms with Crippen molar-refractivity contribution in [2.45, 2.75) is 18.6 Å². The highest BCUT2D eigenvalue weighted by molar-refractivity contribution is 5.85. The normalized spacial score (nSPS) is 24.6. The molecule has 4 nitrogen and oxygen atoms in total. The van der Waals surface area contributed by atoms with Crippen molar-refractivity contribution in [2.75, 3.05) is 6.54 Å². The first-order chi connectivity index (χ1) is 6.70. The highest BCUT2D eigenvalue weighted by Crippen LogP contribution is 2.24. The molecule has 1 aromatic rings. The molecule has 0 aliphatic carbocycles. The van der Waals surface area contributed by atoms with Crippen molar-refractivity contribution >= 4 is 12.4 Å². The lowest BCUT2D eigenvalue weighted by atomic mass is 10.1. The van der Waals surface area contributed by atoms with Crippen LogP contribution in [-0.4, -0.2) is 22.5 Å². The lowest BCUT2D eigenvalue weighted by molar-refractivity contribution is 0.355. The minimum atomic E-state index is -0.799. The molecule has 1 aliphatic rings. The fourth-order valence-electron chi connectivity index (χ4n) is 1.68. The third-order valence-electron chi connectivity index (χ3n) is 2.45. The van der Waals surface area contributed by atoms with Gasteiger partial charge >= 0.3 is 0 Å². The Bertz CT molecular complexity index is 384. The highest BCUT2D eigenvalue weighted by atomic mass is 35.5. The van der Waals surface area contributed by atoms with Crippen LogP contribution in [0.2, 0.25) is 0 Å². The van der Waals surface area contributed by atoms with Crippen LogP contribution in [0.3, 0.4) is 0 Å². The molecule has 0 amide bonds. The van der Waals surface area contributed by atoms with Gasteiger partial charge in [-0.15, -0.1) is 12.4 Å². The van der Waals surface area contributed by atoms with E-state index in [1.807, 2.05) is 6.07 Å². The van der Waals surface area contributed by atoms with E-state index in [4.69, 9.17) is 5.26 Å². The summed E-state index contributed by atoms with van der Waals surface area (Å²) < 4.78 is 14.4. The van der Waals surface area contributed by atoms with Crippen LogP contribution in [0.25, 0.3) is 0 Å². The summed E-state index contributed by atoms with van der Waals surface area (Å²) in [7, 11) is 1.71. The van der Waals surface area contributed by atoms with E-state index >= 15 is 0 Å². The Kier molecular flexibility index (Phi) is 3.66. The molecule has 0 aromatic carbocycles. The molecule has 2 unspecified atom stereocenters. The van der Waals surface area contributed by atoms with Gasteiger partial charge in [0.2, 0.25) is 0 Å². The van der Waals surface area contributed by atoms with Crippen LogP contribution in [-0.2, 0) is 7.05 Å². The number of nitrogens with one attached hydrogen (secondary N) is 1. The Morgan fingerprint density at radius 2 is 2.47 bits per heavy atom. The molecule has 2 rings (SSSR count). The monoisotopic (exact) mass is 230 g/mol. The molecule has 1 saturated heterocycles. The second kappa shape index (κ2) is 4.60. The molecule has 1 aromatic heterocycles. The minimum absolute atomic E-state index is 0. The van der Waals surface area contributed by atoms with Gasteiger partial charge < -0.3 is 5.32 Å². The van der Waals surface area contributed by atoms with Gasteiger partial charge in [-0.3, -0.25) is 4.68 Å². The van der Waals surface area contributed by atoms with E-state index in [-0.39, 0.29) is 18.4 Å². The van der Waals surface area contributed by atoms with Gasteiger partial charge in [0.15, 0.2) is 0 Å². The van der Waals surface area contributed by atoms with Crippen molar-refractivity contribution in [3.05, 3.63) is 17.5 Å². The molecule has 0 saturated carbocycles. The molecule has 6 heteroatoms. The number of alkyl halides is 1. The van der Waals surface area contributed by atoms with E-state index in [1.165, 1.54) is 4.68 Å². The second-order valence-electron chi connectivity index (χ2n) is 3.48. The lowest BCUT2D eigenvalue weighted by Crippen LogP contribution is -2.14. The van der Waals surface area contributed by atoms with E-state index in [9.17, 15) is 4.39 Å². The molecule has 2 atom stereocenters. The van der Waals surface area contributed by atoms with Crippen LogP contribution in [0.5, 0.6) is 0 Å². The molecule has 1 fully saturated rings. The van der Waals surface area contributed by atoms with E-state index in [0.29, 0.717) is 18.7 Å². The first-order valence-corrected chi connectivity index (χ1v) is 4.52. The number of aromatic nitrogens is 2. The van der Waals surface area contributed by atoms with Gasteiger partial charge in [0, 0.05) is 20.0 Å². The summed E-state index contributed by atoms with van der Waals surface area (Å²) in [5, 5.41) is 15.9. The summed E-state index contributed by atoms with van der Waals surface area (Å²) in [6.45, 7) is 0.378. The number of aryl methyl sites for hydroxylation is 1. The highest BCUT2D eigenvalue weighted by Gasteiger charge is 2.27. The van der Waals surface area contributed by atoms with Crippen LogP contribution in [0, 0.1) is 11.3 Å². The third kappa shape index (κ3) is 2.28. The van der Waals surface area contributed by atoms with Crippen molar-refractivity contribution in [1.82, 2.24) is 15.1 Å². The predicted molar refractivity (Wildman–Crippen MR) is 55.4 cm³/mol. The molecule has 1 N–H and O–H groups in total. The summed E-state index contributed by atoms with van der Waals surface area (Å²) in [5.74, 6) is 0. The zero-order valence-electron chi connectivity index (χ0n) is 8.27. The summed E-state index contributed by atoms with van der Waals surface area (Å²) in [5.41, 5.74) is 1.26. The third-order valence-corrected chi connectivity index (χ3v) is 2.45. The van der Waals surface area contributed by atoms with Crippen molar-refractivity contribution in [3.8, 4) is 6.07 Å². The van der Waals surface area contributed by atoms with Gasteiger partial charge in [-0.2, -0.15) is 10.4 Å². The average Bonchev–Trinajstić information content (AvgIpc) is 2.71. The number of hydrogen-bond donors (Lipinski definition) is 1. The van der Waals surface area contributed by atoms with Gasteiger partial charge in [0.1, 0.15) is 17.9 Å². The van der Waals surface area contributed by atoms with Crippen LogP contribution < -0.4 is 5.32 Å². The molecule has 1 aliphatic heterocycles. The smallest absolute Gasteiger partial charge is 0.138 e. The maximum atomic E-state index is 12.9. The zero-order chi connectivity index (χ0) is 10.1. The molecule has 2 heterocycles. The lowest BCUT2D eigenvalue weighted by Gasteiger charge is -2.04. The summed E-state index contributed by atoms with van der Waals surface area (Å²) in [6, 6.07) is 3.69. The SMILES string of the molecule is Cl.Cn1nc(C2CC(F)CN2)cc1C#N. The molecule has 0 bridgehead atoms. The van der Waals surface area contributed by atoms with Crippen LogP contribution in [0.15, 0.2) is 6.07 Å². The number of halogens is 2. The first-order valence-electron chi connectivity index (χ1n) is 4.52. The zero-order valence-corrected chi connectivity index (χ0v) is 9.09. The molecule has 0 spiro atoms. The maximum Gasteiger partial charge on any atom is 0.138 e. The van der Waals surface area contributed by atoms with E-state index < -0.39 is 6.17 Å². The molecule has 15 heavy (non-hydrogen) atoms. The Labute approximate surface area is 93.5 Å². The quantitative estimate of drug-likeness (QED) is 0.786. The van der Waals surface area contributed by atoms with Crippen molar-refractivity contribution in [2.24, 2.45) is 7.05 Å².